The molecule has 3 heterocycles. The summed E-state index contributed by atoms with van der Waals surface area (Å²) in [6.07, 6.45) is 1.69. The molecule has 0 aliphatic carbocycles. The maximum atomic E-state index is 11.3. The number of piperazine rings is 1. The molecule has 0 radical (unpaired) electrons. The zero-order valence-corrected chi connectivity index (χ0v) is 15.2. The van der Waals surface area contributed by atoms with E-state index in [0.29, 0.717) is 35.8 Å². The fourth-order valence-corrected chi connectivity index (χ4v) is 3.60. The van der Waals surface area contributed by atoms with E-state index in [-0.39, 0.29) is 17.4 Å². The van der Waals surface area contributed by atoms with Gasteiger partial charge in [-0.05, 0) is 12.1 Å². The van der Waals surface area contributed by atoms with Crippen LogP contribution in [-0.4, -0.2) is 47.8 Å². The van der Waals surface area contributed by atoms with E-state index in [1.807, 2.05) is 0 Å². The lowest BCUT2D eigenvalue weighted by Gasteiger charge is -2.36. The minimum Gasteiger partial charge on any atom is -0.467 e. The summed E-state index contributed by atoms with van der Waals surface area (Å²) < 4.78 is 10.9. The van der Waals surface area contributed by atoms with Crippen molar-refractivity contribution in [3.05, 3.63) is 57.3 Å². The summed E-state index contributed by atoms with van der Waals surface area (Å²) >= 11 is 0. The van der Waals surface area contributed by atoms with E-state index in [4.69, 9.17) is 9.47 Å². The first-order valence-electron chi connectivity index (χ1n) is 8.99. The summed E-state index contributed by atoms with van der Waals surface area (Å²) in [6, 6.07) is 8.81. The van der Waals surface area contributed by atoms with Crippen LogP contribution in [0.2, 0.25) is 0 Å². The van der Waals surface area contributed by atoms with Gasteiger partial charge in [0.1, 0.15) is 17.6 Å². The normalized spacial score (nSPS) is 16.8. The molecule has 9 heteroatoms. The number of non-ortho nitro benzene ring substituents is 1. The van der Waals surface area contributed by atoms with Gasteiger partial charge in [-0.1, -0.05) is 0 Å². The van der Waals surface area contributed by atoms with Crippen LogP contribution in [0.4, 0.5) is 11.5 Å². The molecule has 1 fully saturated rings. The molecule has 0 N–H and O–H groups in total. The van der Waals surface area contributed by atoms with E-state index in [1.165, 1.54) is 6.07 Å². The highest BCUT2D eigenvalue weighted by molar-refractivity contribution is 5.54. The summed E-state index contributed by atoms with van der Waals surface area (Å²) in [5, 5.41) is 20.5. The maximum Gasteiger partial charge on any atom is 0.270 e. The Morgan fingerprint density at radius 2 is 2.11 bits per heavy atom. The Labute approximate surface area is 161 Å². The number of nitriles is 1. The number of rotatable bonds is 4. The van der Waals surface area contributed by atoms with Crippen LogP contribution in [0, 0.1) is 21.4 Å². The molecule has 28 heavy (non-hydrogen) atoms. The number of nitro groups is 1. The van der Waals surface area contributed by atoms with Crippen molar-refractivity contribution < 1.29 is 14.4 Å². The van der Waals surface area contributed by atoms with E-state index in [1.54, 1.807) is 24.4 Å². The molecule has 1 aromatic carbocycles. The predicted octanol–water partition coefficient (Wildman–Crippen LogP) is 2.05. The molecular formula is C19H19N5O4. The average molecular weight is 381 g/mol. The number of fused-ring (bicyclic) bond motifs is 1. The van der Waals surface area contributed by atoms with Gasteiger partial charge >= 0.3 is 0 Å². The molecule has 0 spiro atoms. The van der Waals surface area contributed by atoms with Crippen molar-refractivity contribution in [2.75, 3.05) is 37.9 Å². The van der Waals surface area contributed by atoms with Crippen molar-refractivity contribution in [3.63, 3.8) is 0 Å². The van der Waals surface area contributed by atoms with E-state index in [0.717, 1.165) is 31.7 Å². The summed E-state index contributed by atoms with van der Waals surface area (Å²) in [6.45, 7) is 4.01. The van der Waals surface area contributed by atoms with Crippen molar-refractivity contribution >= 4 is 11.5 Å². The molecule has 9 nitrogen and oxygen atoms in total. The van der Waals surface area contributed by atoms with Crippen molar-refractivity contribution in [1.29, 1.82) is 5.26 Å². The van der Waals surface area contributed by atoms with Gasteiger partial charge in [-0.2, -0.15) is 5.26 Å². The second kappa shape index (κ2) is 7.80. The largest absolute Gasteiger partial charge is 0.467 e. The number of nitro benzene ring substituents is 1. The number of nitrogens with zero attached hydrogens (tertiary/aromatic N) is 5. The minimum absolute atomic E-state index is 0.0497. The Balaban J connectivity index is 1.49. The quantitative estimate of drug-likeness (QED) is 0.585. The van der Waals surface area contributed by atoms with Gasteiger partial charge in [-0.25, -0.2) is 4.98 Å². The number of benzene rings is 1. The second-order valence-electron chi connectivity index (χ2n) is 6.71. The molecule has 0 unspecified atom stereocenters. The maximum absolute atomic E-state index is 11.3. The molecule has 2 aliphatic rings. The van der Waals surface area contributed by atoms with Crippen LogP contribution in [-0.2, 0) is 17.9 Å². The fourth-order valence-electron chi connectivity index (χ4n) is 3.60. The SMILES string of the molecule is N#Cc1cccnc1N1CCN(Cc2cc([N+](=O)[O-])cc3c2OCOC3)CC1. The number of ether oxygens (including phenoxy) is 2. The molecule has 1 aromatic heterocycles. The first kappa shape index (κ1) is 18.2. The highest BCUT2D eigenvalue weighted by atomic mass is 16.7. The number of anilines is 1. The van der Waals surface area contributed by atoms with Crippen LogP contribution < -0.4 is 9.64 Å². The van der Waals surface area contributed by atoms with Gasteiger partial charge in [0.05, 0.1) is 17.1 Å². The predicted molar refractivity (Wildman–Crippen MR) is 99.8 cm³/mol. The van der Waals surface area contributed by atoms with Gasteiger partial charge in [0.25, 0.3) is 5.69 Å². The van der Waals surface area contributed by atoms with E-state index in [9.17, 15) is 15.4 Å². The smallest absolute Gasteiger partial charge is 0.270 e. The Bertz CT molecular complexity index is 934. The molecule has 144 valence electrons. The summed E-state index contributed by atoms with van der Waals surface area (Å²) in [5.41, 5.74) is 2.13. The topological polar surface area (TPSA) is 105 Å². The monoisotopic (exact) mass is 381 g/mol. The molecule has 4 rings (SSSR count). The van der Waals surface area contributed by atoms with E-state index >= 15 is 0 Å². The molecule has 0 atom stereocenters. The third-order valence-electron chi connectivity index (χ3n) is 4.96. The average Bonchev–Trinajstić information content (AvgIpc) is 2.74. The third kappa shape index (κ3) is 3.60. The van der Waals surface area contributed by atoms with Crippen LogP contribution in [0.3, 0.4) is 0 Å². The zero-order chi connectivity index (χ0) is 19.5. The van der Waals surface area contributed by atoms with Crippen molar-refractivity contribution in [1.82, 2.24) is 9.88 Å². The number of hydrogen-bond acceptors (Lipinski definition) is 8. The lowest BCUT2D eigenvalue weighted by Crippen LogP contribution is -2.46. The lowest BCUT2D eigenvalue weighted by molar-refractivity contribution is -0.385. The number of hydrogen-bond donors (Lipinski definition) is 0. The summed E-state index contributed by atoms with van der Waals surface area (Å²) in [5.74, 6) is 1.40. The molecule has 0 saturated carbocycles. The van der Waals surface area contributed by atoms with Crippen LogP contribution in [0.25, 0.3) is 0 Å². The number of pyridine rings is 1. The van der Waals surface area contributed by atoms with Gasteiger partial charge in [0.15, 0.2) is 6.79 Å². The molecule has 0 amide bonds. The van der Waals surface area contributed by atoms with Crippen LogP contribution in [0.5, 0.6) is 5.75 Å². The van der Waals surface area contributed by atoms with Gasteiger partial charge in [0.2, 0.25) is 0 Å². The number of aromatic nitrogens is 1. The van der Waals surface area contributed by atoms with E-state index < -0.39 is 0 Å². The highest BCUT2D eigenvalue weighted by Crippen LogP contribution is 2.33. The van der Waals surface area contributed by atoms with Gasteiger partial charge < -0.3 is 14.4 Å². The van der Waals surface area contributed by atoms with Gasteiger partial charge in [-0.15, -0.1) is 0 Å². The second-order valence-corrected chi connectivity index (χ2v) is 6.71. The molecule has 1 saturated heterocycles. The minimum atomic E-state index is -0.388. The van der Waals surface area contributed by atoms with Crippen molar-refractivity contribution in [2.45, 2.75) is 13.2 Å². The highest BCUT2D eigenvalue weighted by Gasteiger charge is 2.25. The summed E-state index contributed by atoms with van der Waals surface area (Å²) in [4.78, 5) is 19.5. The molecular weight excluding hydrogens is 362 g/mol. The van der Waals surface area contributed by atoms with Crippen molar-refractivity contribution in [2.24, 2.45) is 0 Å². The first-order valence-corrected chi connectivity index (χ1v) is 8.99. The Kier molecular flexibility index (Phi) is 5.06. The fraction of sp³-hybridized carbons (Fsp3) is 0.368. The molecule has 0 bridgehead atoms. The van der Waals surface area contributed by atoms with Crippen LogP contribution in [0.15, 0.2) is 30.5 Å². The van der Waals surface area contributed by atoms with Gasteiger partial charge in [-0.3, -0.25) is 15.0 Å². The summed E-state index contributed by atoms with van der Waals surface area (Å²) in [7, 11) is 0. The molecule has 2 aliphatic heterocycles. The Morgan fingerprint density at radius 3 is 2.86 bits per heavy atom. The van der Waals surface area contributed by atoms with Crippen LogP contribution >= 0.6 is 0 Å². The lowest BCUT2D eigenvalue weighted by atomic mass is 10.1. The zero-order valence-electron chi connectivity index (χ0n) is 15.2. The Hall–Kier alpha value is -3.22. The van der Waals surface area contributed by atoms with Crippen LogP contribution in [0.1, 0.15) is 16.7 Å². The van der Waals surface area contributed by atoms with E-state index in [2.05, 4.69) is 20.9 Å². The third-order valence-corrected chi connectivity index (χ3v) is 4.96. The van der Waals surface area contributed by atoms with Gasteiger partial charge in [0, 0.05) is 62.2 Å². The molecule has 2 aromatic rings. The standard InChI is InChI=1S/C19H19N5O4/c20-10-14-2-1-3-21-19(14)23-6-4-22(5-7-23)11-15-8-17(24(25)26)9-16-12-27-13-28-18(15)16/h1-3,8-9H,4-7,11-13H2. The van der Waals surface area contributed by atoms with Crippen molar-refractivity contribution in [3.8, 4) is 11.8 Å². The first-order chi connectivity index (χ1) is 13.7. The Morgan fingerprint density at radius 1 is 1.29 bits per heavy atom.